The summed E-state index contributed by atoms with van der Waals surface area (Å²) in [4.78, 5) is 0. The average molecular weight is 403 g/mol. The molecule has 0 fully saturated rings. The Kier molecular flexibility index (Phi) is 7.73. The van der Waals surface area contributed by atoms with Gasteiger partial charge in [-0.1, -0.05) is 85.8 Å². The van der Waals surface area contributed by atoms with Gasteiger partial charge < -0.3 is 0 Å². The van der Waals surface area contributed by atoms with E-state index in [1.165, 1.54) is 5.56 Å². The Balaban J connectivity index is 1.67. The third-order valence-electron chi connectivity index (χ3n) is 5.32. The summed E-state index contributed by atoms with van der Waals surface area (Å²) >= 11 is 0. The SMILES string of the molecule is CC=CCCc1ccc(C=Cc2ccc(C[C@H](C)c3ccccc3)cc2F)c(F)c1. The Bertz CT molecular complexity index is 1020. The van der Waals surface area contributed by atoms with Gasteiger partial charge in [-0.3, -0.25) is 0 Å². The molecule has 1 atom stereocenters. The van der Waals surface area contributed by atoms with Crippen LogP contribution in [0, 0.1) is 11.6 Å². The molecule has 3 aromatic rings. The lowest BCUT2D eigenvalue weighted by Crippen LogP contribution is -1.99. The smallest absolute Gasteiger partial charge is 0.130 e. The fraction of sp³-hybridized carbons (Fsp3) is 0.214. The lowest BCUT2D eigenvalue weighted by molar-refractivity contribution is 0.619. The highest BCUT2D eigenvalue weighted by atomic mass is 19.1. The van der Waals surface area contributed by atoms with Crippen LogP contribution in [0.4, 0.5) is 8.78 Å². The van der Waals surface area contributed by atoms with Crippen LogP contribution in [0.3, 0.4) is 0 Å². The number of halogens is 2. The maximum atomic E-state index is 14.6. The molecule has 0 spiro atoms. The van der Waals surface area contributed by atoms with Crippen LogP contribution in [0.25, 0.3) is 12.2 Å². The molecule has 30 heavy (non-hydrogen) atoms. The Morgan fingerprint density at radius 3 is 2.00 bits per heavy atom. The average Bonchev–Trinajstić information content (AvgIpc) is 2.75. The minimum absolute atomic E-state index is 0.280. The second kappa shape index (κ2) is 10.7. The van der Waals surface area contributed by atoms with Crippen molar-refractivity contribution in [1.29, 1.82) is 0 Å². The van der Waals surface area contributed by atoms with Crippen molar-refractivity contribution in [2.75, 3.05) is 0 Å². The molecule has 0 aliphatic carbocycles. The highest BCUT2D eigenvalue weighted by molar-refractivity contribution is 5.70. The van der Waals surface area contributed by atoms with Crippen LogP contribution in [0.15, 0.2) is 78.9 Å². The first kappa shape index (κ1) is 21.7. The molecule has 2 heteroatoms. The second-order valence-corrected chi connectivity index (χ2v) is 7.67. The third-order valence-corrected chi connectivity index (χ3v) is 5.32. The van der Waals surface area contributed by atoms with Crippen molar-refractivity contribution in [3.63, 3.8) is 0 Å². The fourth-order valence-corrected chi connectivity index (χ4v) is 3.54. The van der Waals surface area contributed by atoms with Gasteiger partial charge in [-0.05, 0) is 60.9 Å². The molecular formula is C28H28F2. The highest BCUT2D eigenvalue weighted by Crippen LogP contribution is 2.23. The van der Waals surface area contributed by atoms with Gasteiger partial charge in [0.25, 0.3) is 0 Å². The van der Waals surface area contributed by atoms with Gasteiger partial charge in [0.05, 0.1) is 0 Å². The maximum Gasteiger partial charge on any atom is 0.130 e. The predicted molar refractivity (Wildman–Crippen MR) is 123 cm³/mol. The standard InChI is InChI=1S/C28H28F2/c1-3-4-6-9-22-12-14-25(27(29)19-22)16-17-26-15-13-23(20-28(26)30)18-21(2)24-10-7-5-8-11-24/h3-5,7-8,10-17,19-21H,6,9,18H2,1-2H3/t21-/m0/s1. The van der Waals surface area contributed by atoms with E-state index in [0.29, 0.717) is 17.0 Å². The zero-order valence-electron chi connectivity index (χ0n) is 17.6. The molecule has 0 nitrogen and oxygen atoms in total. The van der Waals surface area contributed by atoms with E-state index in [-0.39, 0.29) is 11.6 Å². The van der Waals surface area contributed by atoms with E-state index >= 15 is 0 Å². The first-order valence-electron chi connectivity index (χ1n) is 10.5. The maximum absolute atomic E-state index is 14.6. The minimum Gasteiger partial charge on any atom is -0.206 e. The molecule has 0 heterocycles. The normalized spacial score (nSPS) is 12.7. The van der Waals surface area contributed by atoms with E-state index < -0.39 is 0 Å². The van der Waals surface area contributed by atoms with E-state index in [4.69, 9.17) is 0 Å². The Labute approximate surface area is 178 Å². The minimum atomic E-state index is -0.285. The molecule has 154 valence electrons. The van der Waals surface area contributed by atoms with Crippen molar-refractivity contribution >= 4 is 12.2 Å². The quantitative estimate of drug-likeness (QED) is 0.264. The molecule has 0 unspecified atom stereocenters. The Hall–Kier alpha value is -3.00. The van der Waals surface area contributed by atoms with Crippen LogP contribution in [-0.4, -0.2) is 0 Å². The van der Waals surface area contributed by atoms with Gasteiger partial charge in [0.2, 0.25) is 0 Å². The fourth-order valence-electron chi connectivity index (χ4n) is 3.54. The van der Waals surface area contributed by atoms with E-state index in [1.807, 2.05) is 43.3 Å². The third kappa shape index (κ3) is 6.00. The van der Waals surface area contributed by atoms with Gasteiger partial charge in [0, 0.05) is 11.1 Å². The Morgan fingerprint density at radius 2 is 1.40 bits per heavy atom. The van der Waals surface area contributed by atoms with Crippen LogP contribution in [-0.2, 0) is 12.8 Å². The summed E-state index contributed by atoms with van der Waals surface area (Å²) in [5, 5.41) is 0. The molecule has 0 aromatic heterocycles. The monoisotopic (exact) mass is 402 g/mol. The molecule has 0 bridgehead atoms. The molecule has 0 N–H and O–H groups in total. The number of hydrogen-bond donors (Lipinski definition) is 0. The summed E-state index contributed by atoms with van der Waals surface area (Å²) in [5.74, 6) is -0.252. The Morgan fingerprint density at radius 1 is 0.800 bits per heavy atom. The summed E-state index contributed by atoms with van der Waals surface area (Å²) in [5.41, 5.74) is 4.09. The van der Waals surface area contributed by atoms with Crippen molar-refractivity contribution in [2.45, 2.75) is 39.0 Å². The van der Waals surface area contributed by atoms with Crippen molar-refractivity contribution in [2.24, 2.45) is 0 Å². The predicted octanol–water partition coefficient (Wildman–Crippen LogP) is 7.99. The van der Waals surface area contributed by atoms with Crippen LogP contribution < -0.4 is 0 Å². The molecule has 0 amide bonds. The van der Waals surface area contributed by atoms with Crippen molar-refractivity contribution < 1.29 is 8.78 Å². The van der Waals surface area contributed by atoms with Gasteiger partial charge in [0.1, 0.15) is 11.6 Å². The summed E-state index contributed by atoms with van der Waals surface area (Å²) in [6.07, 6.45) is 9.81. The summed E-state index contributed by atoms with van der Waals surface area (Å²) < 4.78 is 29.0. The van der Waals surface area contributed by atoms with E-state index in [0.717, 1.165) is 30.4 Å². The zero-order valence-corrected chi connectivity index (χ0v) is 17.6. The molecule has 3 aromatic carbocycles. The van der Waals surface area contributed by atoms with Crippen molar-refractivity contribution in [3.8, 4) is 0 Å². The largest absolute Gasteiger partial charge is 0.206 e. The van der Waals surface area contributed by atoms with Crippen LogP contribution in [0.2, 0.25) is 0 Å². The van der Waals surface area contributed by atoms with Gasteiger partial charge >= 0.3 is 0 Å². The van der Waals surface area contributed by atoms with Crippen molar-refractivity contribution in [1.82, 2.24) is 0 Å². The molecule has 0 aliphatic rings. The van der Waals surface area contributed by atoms with Crippen LogP contribution in [0.5, 0.6) is 0 Å². The van der Waals surface area contributed by atoms with Crippen LogP contribution in [0.1, 0.15) is 54.0 Å². The van der Waals surface area contributed by atoms with Gasteiger partial charge in [-0.15, -0.1) is 0 Å². The van der Waals surface area contributed by atoms with Crippen molar-refractivity contribution in [3.05, 3.63) is 118 Å². The lowest BCUT2D eigenvalue weighted by Gasteiger charge is -2.12. The van der Waals surface area contributed by atoms with Gasteiger partial charge in [-0.2, -0.15) is 0 Å². The van der Waals surface area contributed by atoms with E-state index in [2.05, 4.69) is 25.1 Å². The molecule has 0 radical (unpaired) electrons. The molecule has 3 rings (SSSR count). The first-order valence-corrected chi connectivity index (χ1v) is 10.5. The summed E-state index contributed by atoms with van der Waals surface area (Å²) in [6.45, 7) is 4.12. The van der Waals surface area contributed by atoms with E-state index in [9.17, 15) is 8.78 Å². The summed E-state index contributed by atoms with van der Waals surface area (Å²) in [7, 11) is 0. The van der Waals surface area contributed by atoms with Gasteiger partial charge in [-0.25, -0.2) is 8.78 Å². The van der Waals surface area contributed by atoms with Gasteiger partial charge in [0.15, 0.2) is 0 Å². The molecule has 0 saturated carbocycles. The molecule has 0 saturated heterocycles. The number of benzene rings is 3. The second-order valence-electron chi connectivity index (χ2n) is 7.67. The topological polar surface area (TPSA) is 0 Å². The first-order chi connectivity index (χ1) is 14.6. The van der Waals surface area contributed by atoms with E-state index in [1.54, 1.807) is 36.4 Å². The molecule has 0 aliphatic heterocycles. The number of rotatable bonds is 8. The number of allylic oxidation sites excluding steroid dienone is 2. The number of hydrogen-bond acceptors (Lipinski definition) is 0. The van der Waals surface area contributed by atoms with Crippen LogP contribution >= 0.6 is 0 Å². The molecular weight excluding hydrogens is 374 g/mol. The lowest BCUT2D eigenvalue weighted by atomic mass is 9.93. The summed E-state index contributed by atoms with van der Waals surface area (Å²) in [6, 6.07) is 20.8. The zero-order chi connectivity index (χ0) is 21.3. The number of aryl methyl sites for hydroxylation is 1. The highest BCUT2D eigenvalue weighted by Gasteiger charge is 2.08.